The van der Waals surface area contributed by atoms with Gasteiger partial charge in [0.05, 0.1) is 0 Å². The number of hydrogen-bond acceptors (Lipinski definition) is 1. The quantitative estimate of drug-likeness (QED) is 0.802. The molecule has 1 aromatic carbocycles. The molecule has 0 amide bonds. The molecule has 92 valence electrons. The highest BCUT2D eigenvalue weighted by atomic mass is 79.9. The van der Waals surface area contributed by atoms with Gasteiger partial charge >= 0.3 is 0 Å². The van der Waals surface area contributed by atoms with Crippen LogP contribution in [0, 0.1) is 18.8 Å². The van der Waals surface area contributed by atoms with Gasteiger partial charge in [0.15, 0.2) is 0 Å². The van der Waals surface area contributed by atoms with E-state index in [9.17, 15) is 0 Å². The SMILES string of the molecule is CC#CCCC(NCC)c1cc(Br)ccc1C. The summed E-state index contributed by atoms with van der Waals surface area (Å²) in [6, 6.07) is 6.86. The monoisotopic (exact) mass is 293 g/mol. The Morgan fingerprint density at radius 1 is 1.41 bits per heavy atom. The minimum absolute atomic E-state index is 0.401. The second-order valence-electron chi connectivity index (χ2n) is 4.08. The molecule has 2 heteroatoms. The molecule has 0 spiro atoms. The Kier molecular flexibility index (Phi) is 6.32. The molecular formula is C15H20BrN. The van der Waals surface area contributed by atoms with Crippen molar-refractivity contribution in [3.05, 3.63) is 33.8 Å². The maximum absolute atomic E-state index is 3.54. The predicted molar refractivity (Wildman–Crippen MR) is 78.0 cm³/mol. The lowest BCUT2D eigenvalue weighted by Gasteiger charge is -2.19. The molecule has 1 unspecified atom stereocenters. The van der Waals surface area contributed by atoms with Crippen LogP contribution < -0.4 is 5.32 Å². The molecule has 0 saturated carbocycles. The van der Waals surface area contributed by atoms with Gasteiger partial charge in [-0.25, -0.2) is 0 Å². The Hall–Kier alpha value is -0.780. The molecule has 0 bridgehead atoms. The average molecular weight is 294 g/mol. The van der Waals surface area contributed by atoms with Gasteiger partial charge in [-0.3, -0.25) is 0 Å². The first-order chi connectivity index (χ1) is 8.19. The van der Waals surface area contributed by atoms with Crippen molar-refractivity contribution >= 4 is 15.9 Å². The van der Waals surface area contributed by atoms with E-state index in [-0.39, 0.29) is 0 Å². The Labute approximate surface area is 113 Å². The van der Waals surface area contributed by atoms with Crippen molar-refractivity contribution in [1.29, 1.82) is 0 Å². The Balaban J connectivity index is 2.86. The topological polar surface area (TPSA) is 12.0 Å². The zero-order valence-electron chi connectivity index (χ0n) is 10.8. The van der Waals surface area contributed by atoms with Gasteiger partial charge < -0.3 is 5.32 Å². The summed E-state index contributed by atoms with van der Waals surface area (Å²) in [6.07, 6.45) is 2.01. The molecule has 17 heavy (non-hydrogen) atoms. The largest absolute Gasteiger partial charge is 0.310 e. The van der Waals surface area contributed by atoms with Gasteiger partial charge in [0.2, 0.25) is 0 Å². The van der Waals surface area contributed by atoms with E-state index in [4.69, 9.17) is 0 Å². The molecular weight excluding hydrogens is 274 g/mol. The highest BCUT2D eigenvalue weighted by Crippen LogP contribution is 2.25. The molecule has 0 heterocycles. The molecule has 1 aromatic rings. The van der Waals surface area contributed by atoms with Crippen LogP contribution >= 0.6 is 15.9 Å². The van der Waals surface area contributed by atoms with Gasteiger partial charge in [-0.2, -0.15) is 0 Å². The van der Waals surface area contributed by atoms with Crippen LogP contribution in [0.1, 0.15) is 43.9 Å². The lowest BCUT2D eigenvalue weighted by molar-refractivity contribution is 0.520. The summed E-state index contributed by atoms with van der Waals surface area (Å²) in [5.41, 5.74) is 2.71. The number of halogens is 1. The van der Waals surface area contributed by atoms with E-state index in [2.05, 4.69) is 65.1 Å². The van der Waals surface area contributed by atoms with Gasteiger partial charge in [-0.15, -0.1) is 11.8 Å². The molecule has 0 radical (unpaired) electrons. The molecule has 0 aromatic heterocycles. The molecule has 1 rings (SSSR count). The Morgan fingerprint density at radius 2 is 2.18 bits per heavy atom. The summed E-state index contributed by atoms with van der Waals surface area (Å²) < 4.78 is 1.14. The highest BCUT2D eigenvalue weighted by Gasteiger charge is 2.12. The predicted octanol–water partition coefficient (Wildman–Crippen LogP) is 4.21. The van der Waals surface area contributed by atoms with Crippen molar-refractivity contribution < 1.29 is 0 Å². The van der Waals surface area contributed by atoms with E-state index in [0.29, 0.717) is 6.04 Å². The zero-order chi connectivity index (χ0) is 12.7. The van der Waals surface area contributed by atoms with Gasteiger partial charge in [-0.1, -0.05) is 28.9 Å². The summed E-state index contributed by atoms with van der Waals surface area (Å²) in [5, 5.41) is 3.54. The second kappa shape index (κ2) is 7.53. The molecule has 1 atom stereocenters. The van der Waals surface area contributed by atoms with E-state index < -0.39 is 0 Å². The summed E-state index contributed by atoms with van der Waals surface area (Å²) in [5.74, 6) is 6.09. The minimum Gasteiger partial charge on any atom is -0.310 e. The molecule has 0 aliphatic heterocycles. The first-order valence-electron chi connectivity index (χ1n) is 6.08. The van der Waals surface area contributed by atoms with Crippen LogP contribution in [0.4, 0.5) is 0 Å². The minimum atomic E-state index is 0.401. The average Bonchev–Trinajstić information content (AvgIpc) is 2.32. The molecule has 1 N–H and O–H groups in total. The first kappa shape index (κ1) is 14.3. The standard InChI is InChI=1S/C15H20BrN/c1-4-6-7-8-15(17-5-2)14-11-13(16)10-9-12(14)3/h9-11,15,17H,5,7-8H2,1-3H3. The zero-order valence-corrected chi connectivity index (χ0v) is 12.4. The van der Waals surface area contributed by atoms with Gasteiger partial charge in [0, 0.05) is 16.9 Å². The third-order valence-electron chi connectivity index (χ3n) is 2.80. The van der Waals surface area contributed by atoms with Crippen molar-refractivity contribution in [2.45, 2.75) is 39.7 Å². The number of aryl methyl sites for hydroxylation is 1. The molecule has 0 aliphatic carbocycles. The van der Waals surface area contributed by atoms with Crippen molar-refractivity contribution in [3.8, 4) is 11.8 Å². The second-order valence-corrected chi connectivity index (χ2v) is 4.99. The fourth-order valence-electron chi connectivity index (χ4n) is 1.94. The maximum Gasteiger partial charge on any atom is 0.0332 e. The molecule has 0 saturated heterocycles. The van der Waals surface area contributed by atoms with Crippen molar-refractivity contribution in [2.75, 3.05) is 6.54 Å². The molecule has 1 nitrogen and oxygen atoms in total. The fourth-order valence-corrected chi connectivity index (χ4v) is 2.32. The van der Waals surface area contributed by atoms with E-state index in [1.54, 1.807) is 0 Å². The van der Waals surface area contributed by atoms with Crippen LogP contribution in [0.2, 0.25) is 0 Å². The number of benzene rings is 1. The number of nitrogens with one attached hydrogen (secondary N) is 1. The van der Waals surface area contributed by atoms with Crippen LogP contribution in [0.5, 0.6) is 0 Å². The molecule has 0 fully saturated rings. The number of rotatable bonds is 5. The van der Waals surface area contributed by atoms with Crippen molar-refractivity contribution in [2.24, 2.45) is 0 Å². The van der Waals surface area contributed by atoms with Gasteiger partial charge in [0.1, 0.15) is 0 Å². The summed E-state index contributed by atoms with van der Waals surface area (Å²) in [6.45, 7) is 7.19. The van der Waals surface area contributed by atoms with E-state index in [0.717, 1.165) is 23.9 Å². The van der Waals surface area contributed by atoms with Gasteiger partial charge in [-0.05, 0) is 50.1 Å². The van der Waals surface area contributed by atoms with Gasteiger partial charge in [0.25, 0.3) is 0 Å². The Bertz CT molecular complexity index is 415. The van der Waals surface area contributed by atoms with Crippen LogP contribution in [0.3, 0.4) is 0 Å². The van der Waals surface area contributed by atoms with Crippen LogP contribution in [0.15, 0.2) is 22.7 Å². The van der Waals surface area contributed by atoms with E-state index >= 15 is 0 Å². The Morgan fingerprint density at radius 3 is 2.82 bits per heavy atom. The lowest BCUT2D eigenvalue weighted by Crippen LogP contribution is -2.21. The third-order valence-corrected chi connectivity index (χ3v) is 3.30. The van der Waals surface area contributed by atoms with Crippen molar-refractivity contribution in [1.82, 2.24) is 5.32 Å². The highest BCUT2D eigenvalue weighted by molar-refractivity contribution is 9.10. The fraction of sp³-hybridized carbons (Fsp3) is 0.467. The van der Waals surface area contributed by atoms with Crippen LogP contribution in [-0.2, 0) is 0 Å². The number of hydrogen-bond donors (Lipinski definition) is 1. The normalized spacial score (nSPS) is 11.8. The smallest absolute Gasteiger partial charge is 0.0332 e. The first-order valence-corrected chi connectivity index (χ1v) is 6.87. The van der Waals surface area contributed by atoms with Crippen LogP contribution in [-0.4, -0.2) is 6.54 Å². The van der Waals surface area contributed by atoms with Crippen LogP contribution in [0.25, 0.3) is 0 Å². The summed E-state index contributed by atoms with van der Waals surface area (Å²) in [4.78, 5) is 0. The molecule has 0 aliphatic rings. The third kappa shape index (κ3) is 4.53. The van der Waals surface area contributed by atoms with E-state index in [1.807, 2.05) is 6.92 Å². The lowest BCUT2D eigenvalue weighted by atomic mass is 9.97. The maximum atomic E-state index is 3.54. The van der Waals surface area contributed by atoms with E-state index in [1.165, 1.54) is 11.1 Å². The summed E-state index contributed by atoms with van der Waals surface area (Å²) in [7, 11) is 0. The van der Waals surface area contributed by atoms with Crippen molar-refractivity contribution in [3.63, 3.8) is 0 Å². The summed E-state index contributed by atoms with van der Waals surface area (Å²) >= 11 is 3.54.